The molecule has 0 saturated heterocycles. The highest BCUT2D eigenvalue weighted by Crippen LogP contribution is 2.27. The maximum atomic E-state index is 6.09. The quantitative estimate of drug-likeness (QED) is 0.395. The monoisotopic (exact) mass is 445 g/mol. The van der Waals surface area contributed by atoms with Gasteiger partial charge in [-0.25, -0.2) is 0 Å². The van der Waals surface area contributed by atoms with E-state index >= 15 is 0 Å². The molecule has 27 heavy (non-hydrogen) atoms. The van der Waals surface area contributed by atoms with Gasteiger partial charge in [-0.15, -0.1) is 10.2 Å². The standard InChI is InChI=1S/C21H24BrN3OS/c1-4-16-8-12-19(13-9-16)26-15(3)20-23-24-21(25(20)5-2)27-14-17-6-10-18(22)11-7-17/h6-13,15H,4-5,14H2,1-3H3/t15-/m0/s1. The second-order valence-electron chi connectivity index (χ2n) is 6.26. The third-order valence-corrected chi connectivity index (χ3v) is 5.92. The molecule has 0 spiro atoms. The van der Waals surface area contributed by atoms with Gasteiger partial charge in [-0.05, 0) is 55.7 Å². The van der Waals surface area contributed by atoms with Gasteiger partial charge in [0.25, 0.3) is 0 Å². The van der Waals surface area contributed by atoms with Gasteiger partial charge >= 0.3 is 0 Å². The minimum Gasteiger partial charge on any atom is -0.483 e. The van der Waals surface area contributed by atoms with Crippen molar-refractivity contribution < 1.29 is 4.74 Å². The second kappa shape index (κ2) is 9.42. The van der Waals surface area contributed by atoms with E-state index in [1.165, 1.54) is 11.1 Å². The van der Waals surface area contributed by atoms with Crippen molar-refractivity contribution in [2.75, 3.05) is 0 Å². The lowest BCUT2D eigenvalue weighted by molar-refractivity contribution is 0.210. The van der Waals surface area contributed by atoms with Crippen LogP contribution in [0.1, 0.15) is 43.8 Å². The summed E-state index contributed by atoms with van der Waals surface area (Å²) in [6.45, 7) is 7.09. The van der Waals surface area contributed by atoms with E-state index in [0.717, 1.165) is 39.9 Å². The van der Waals surface area contributed by atoms with E-state index in [1.807, 2.05) is 19.1 Å². The Labute approximate surface area is 173 Å². The summed E-state index contributed by atoms with van der Waals surface area (Å²) in [7, 11) is 0. The zero-order chi connectivity index (χ0) is 19.2. The lowest BCUT2D eigenvalue weighted by Gasteiger charge is -2.16. The third kappa shape index (κ3) is 5.14. The molecule has 2 aromatic carbocycles. The summed E-state index contributed by atoms with van der Waals surface area (Å²) in [6, 6.07) is 16.6. The van der Waals surface area contributed by atoms with E-state index in [0.29, 0.717) is 0 Å². The molecule has 0 amide bonds. The Morgan fingerprint density at radius 2 is 1.67 bits per heavy atom. The molecule has 0 aliphatic heterocycles. The SMILES string of the molecule is CCc1ccc(O[C@@H](C)c2nnc(SCc3ccc(Br)cc3)n2CC)cc1. The number of nitrogens with zero attached hydrogens (tertiary/aromatic N) is 3. The molecule has 0 fully saturated rings. The minimum absolute atomic E-state index is 0.160. The van der Waals surface area contributed by atoms with Crippen LogP contribution in [0.4, 0.5) is 0 Å². The molecule has 3 rings (SSSR count). The maximum absolute atomic E-state index is 6.09. The number of halogens is 1. The number of ether oxygens (including phenoxy) is 1. The number of rotatable bonds is 8. The molecule has 142 valence electrons. The van der Waals surface area contributed by atoms with Gasteiger partial charge < -0.3 is 9.30 Å². The smallest absolute Gasteiger partial charge is 0.191 e. The Bertz CT molecular complexity index is 862. The first kappa shape index (κ1) is 20.0. The van der Waals surface area contributed by atoms with Crippen molar-refractivity contribution in [3.05, 3.63) is 70.0 Å². The summed E-state index contributed by atoms with van der Waals surface area (Å²) in [6.07, 6.45) is 0.867. The first-order chi connectivity index (χ1) is 13.1. The van der Waals surface area contributed by atoms with E-state index in [4.69, 9.17) is 4.74 Å². The number of thioether (sulfide) groups is 1. The average Bonchev–Trinajstić information content (AvgIpc) is 3.11. The maximum Gasteiger partial charge on any atom is 0.191 e. The van der Waals surface area contributed by atoms with Crippen molar-refractivity contribution >= 4 is 27.7 Å². The van der Waals surface area contributed by atoms with E-state index in [9.17, 15) is 0 Å². The summed E-state index contributed by atoms with van der Waals surface area (Å²) >= 11 is 5.17. The third-order valence-electron chi connectivity index (χ3n) is 4.35. The van der Waals surface area contributed by atoms with E-state index in [1.54, 1.807) is 11.8 Å². The number of benzene rings is 2. The summed E-state index contributed by atoms with van der Waals surface area (Å²) in [4.78, 5) is 0. The van der Waals surface area contributed by atoms with Crippen molar-refractivity contribution in [1.82, 2.24) is 14.8 Å². The fourth-order valence-electron chi connectivity index (χ4n) is 2.79. The van der Waals surface area contributed by atoms with Gasteiger partial charge in [0.1, 0.15) is 5.75 Å². The molecular formula is C21H24BrN3OS. The zero-order valence-corrected chi connectivity index (χ0v) is 18.3. The number of hydrogen-bond donors (Lipinski definition) is 0. The lowest BCUT2D eigenvalue weighted by atomic mass is 10.2. The normalized spacial score (nSPS) is 12.1. The zero-order valence-electron chi connectivity index (χ0n) is 15.9. The fraction of sp³-hybridized carbons (Fsp3) is 0.333. The Morgan fingerprint density at radius 1 is 1.00 bits per heavy atom. The van der Waals surface area contributed by atoms with Gasteiger partial charge in [0.15, 0.2) is 17.1 Å². The van der Waals surface area contributed by atoms with Crippen molar-refractivity contribution in [2.24, 2.45) is 0 Å². The van der Waals surface area contributed by atoms with Crippen molar-refractivity contribution in [1.29, 1.82) is 0 Å². The molecule has 4 nitrogen and oxygen atoms in total. The molecule has 0 saturated carbocycles. The van der Waals surface area contributed by atoms with Crippen LogP contribution in [-0.2, 0) is 18.7 Å². The van der Waals surface area contributed by atoms with Crippen molar-refractivity contribution in [3.8, 4) is 5.75 Å². The average molecular weight is 446 g/mol. The van der Waals surface area contributed by atoms with Gasteiger partial charge in [-0.2, -0.15) is 0 Å². The van der Waals surface area contributed by atoms with Crippen molar-refractivity contribution in [2.45, 2.75) is 50.8 Å². The van der Waals surface area contributed by atoms with Crippen LogP contribution in [0.15, 0.2) is 58.2 Å². The number of aryl methyl sites for hydroxylation is 1. The molecule has 0 radical (unpaired) electrons. The van der Waals surface area contributed by atoms with Crippen LogP contribution in [-0.4, -0.2) is 14.8 Å². The van der Waals surface area contributed by atoms with Crippen LogP contribution in [0.25, 0.3) is 0 Å². The molecule has 1 aromatic heterocycles. The molecule has 0 unspecified atom stereocenters. The van der Waals surface area contributed by atoms with Crippen molar-refractivity contribution in [3.63, 3.8) is 0 Å². The van der Waals surface area contributed by atoms with Crippen LogP contribution in [0.2, 0.25) is 0 Å². The predicted octanol–water partition coefficient (Wildman–Crippen LogP) is 6.06. The van der Waals surface area contributed by atoms with Gasteiger partial charge in [0.2, 0.25) is 0 Å². The highest BCUT2D eigenvalue weighted by atomic mass is 79.9. The van der Waals surface area contributed by atoms with E-state index < -0.39 is 0 Å². The van der Waals surface area contributed by atoms with Crippen LogP contribution >= 0.6 is 27.7 Å². The summed E-state index contributed by atoms with van der Waals surface area (Å²) in [5, 5.41) is 9.72. The summed E-state index contributed by atoms with van der Waals surface area (Å²) in [5.41, 5.74) is 2.56. The molecule has 3 aromatic rings. The second-order valence-corrected chi connectivity index (χ2v) is 8.12. The Hall–Kier alpha value is -1.79. The molecule has 1 atom stereocenters. The first-order valence-corrected chi connectivity index (χ1v) is 10.9. The van der Waals surface area contributed by atoms with Gasteiger partial charge in [0, 0.05) is 16.8 Å². The van der Waals surface area contributed by atoms with Crippen LogP contribution in [0.5, 0.6) is 5.75 Å². The largest absolute Gasteiger partial charge is 0.483 e. The summed E-state index contributed by atoms with van der Waals surface area (Å²) < 4.78 is 9.32. The van der Waals surface area contributed by atoms with Gasteiger partial charge in [-0.1, -0.05) is 58.9 Å². The number of hydrogen-bond acceptors (Lipinski definition) is 4. The van der Waals surface area contributed by atoms with Crippen LogP contribution in [0, 0.1) is 0 Å². The summed E-state index contributed by atoms with van der Waals surface area (Å²) in [5.74, 6) is 2.57. The predicted molar refractivity (Wildman–Crippen MR) is 114 cm³/mol. The molecular weight excluding hydrogens is 422 g/mol. The Kier molecular flexibility index (Phi) is 6.96. The first-order valence-electron chi connectivity index (χ1n) is 9.16. The molecule has 0 aliphatic rings. The minimum atomic E-state index is -0.160. The highest BCUT2D eigenvalue weighted by molar-refractivity contribution is 9.10. The molecule has 6 heteroatoms. The molecule has 1 heterocycles. The van der Waals surface area contributed by atoms with E-state index in [-0.39, 0.29) is 6.10 Å². The topological polar surface area (TPSA) is 39.9 Å². The lowest BCUT2D eigenvalue weighted by Crippen LogP contribution is -2.12. The number of aromatic nitrogens is 3. The Morgan fingerprint density at radius 3 is 2.30 bits per heavy atom. The highest BCUT2D eigenvalue weighted by Gasteiger charge is 2.18. The molecule has 0 N–H and O–H groups in total. The fourth-order valence-corrected chi connectivity index (χ4v) is 4.02. The molecule has 0 bridgehead atoms. The van der Waals surface area contributed by atoms with Gasteiger partial charge in [0.05, 0.1) is 0 Å². The Balaban J connectivity index is 1.69. The van der Waals surface area contributed by atoms with E-state index in [2.05, 4.69) is 80.9 Å². The van der Waals surface area contributed by atoms with Gasteiger partial charge in [-0.3, -0.25) is 0 Å². The van der Waals surface area contributed by atoms with Crippen LogP contribution < -0.4 is 4.74 Å². The van der Waals surface area contributed by atoms with Crippen LogP contribution in [0.3, 0.4) is 0 Å². The molecule has 0 aliphatic carbocycles.